The van der Waals surface area contributed by atoms with E-state index in [-0.39, 0.29) is 16.4 Å². The zero-order valence-electron chi connectivity index (χ0n) is 38.4. The molecule has 14 aromatic rings. The highest BCUT2D eigenvalue weighted by Gasteiger charge is 2.25. The zero-order valence-corrected chi connectivity index (χ0v) is 38.4. The molecule has 0 saturated carbocycles. The molecule has 0 fully saturated rings. The van der Waals surface area contributed by atoms with Gasteiger partial charge in [-0.1, -0.05) is 187 Å². The Morgan fingerprint density at radius 1 is 0.282 bits per heavy atom. The molecule has 0 aliphatic rings. The number of fused-ring (bicyclic) bond motifs is 10. The third-order valence-corrected chi connectivity index (χ3v) is 14.9. The van der Waals surface area contributed by atoms with E-state index in [2.05, 4.69) is 199 Å². The highest BCUT2D eigenvalue weighted by molar-refractivity contribution is 6.69. The van der Waals surface area contributed by atoms with Gasteiger partial charge in [0, 0.05) is 38.4 Å². The molecule has 7 heteroatoms. The van der Waals surface area contributed by atoms with Crippen LogP contribution >= 0.6 is 0 Å². The summed E-state index contributed by atoms with van der Waals surface area (Å²) in [5.41, 5.74) is 14.4. The summed E-state index contributed by atoms with van der Waals surface area (Å²) in [6.45, 7) is 0. The molecule has 2 nitrogen and oxygen atoms in total. The van der Waals surface area contributed by atoms with E-state index >= 15 is 0 Å². The number of furan rings is 1. The normalized spacial score (nSPS) is 11.9. The highest BCUT2D eigenvalue weighted by Crippen LogP contribution is 2.50. The second-order valence-corrected chi connectivity index (χ2v) is 18.5. The first-order chi connectivity index (χ1) is 34.9. The molecule has 0 atom stereocenters. The third kappa shape index (κ3) is 5.96. The van der Waals surface area contributed by atoms with E-state index in [1.807, 2.05) is 12.1 Å². The van der Waals surface area contributed by atoms with Gasteiger partial charge in [0.1, 0.15) is 50.4 Å². The Hall–Kier alpha value is -8.40. The van der Waals surface area contributed by atoms with Crippen molar-refractivity contribution in [1.82, 2.24) is 4.57 Å². The largest absolute Gasteiger partial charge is 0.455 e. The lowest BCUT2D eigenvalue weighted by Gasteiger charge is -2.25. The fourth-order valence-electron chi connectivity index (χ4n) is 11.8. The van der Waals surface area contributed by atoms with Crippen LogP contribution in [0.15, 0.2) is 211 Å². The molecule has 71 heavy (non-hydrogen) atoms. The Kier molecular flexibility index (Phi) is 9.26. The number of aromatic nitrogens is 1. The lowest BCUT2D eigenvalue weighted by Crippen LogP contribution is -2.55. The van der Waals surface area contributed by atoms with E-state index in [0.717, 1.165) is 93.3 Å². The Morgan fingerprint density at radius 3 is 1.17 bits per heavy atom. The lowest BCUT2D eigenvalue weighted by atomic mass is 9.59. The molecule has 14 rings (SSSR count). The van der Waals surface area contributed by atoms with Crippen molar-refractivity contribution in [2.45, 2.75) is 0 Å². The van der Waals surface area contributed by atoms with Crippen molar-refractivity contribution in [3.8, 4) is 50.2 Å². The summed E-state index contributed by atoms with van der Waals surface area (Å²) in [7, 11) is 32.9. The molecule has 0 amide bonds. The van der Waals surface area contributed by atoms with Gasteiger partial charge in [-0.3, -0.25) is 0 Å². The van der Waals surface area contributed by atoms with Gasteiger partial charge in [-0.2, -0.15) is 0 Å². The summed E-state index contributed by atoms with van der Waals surface area (Å²) >= 11 is 0. The first-order valence-electron chi connectivity index (χ1n) is 23.8. The molecule has 10 radical (unpaired) electrons. The SMILES string of the molecule is [B]c1c([B])c([B])c(-c2c3ccccc3c(-c3cccc4oc5c(-c6c7ccccc7c(-c7ccc(-n8c9ccccc9c9ccccc98)cc7)c7ccccc67)cccc5c34)c3ccccc23)c([B])c1[B]. The summed E-state index contributed by atoms with van der Waals surface area (Å²) in [6.07, 6.45) is 0. The second-order valence-electron chi connectivity index (χ2n) is 18.5. The topological polar surface area (TPSA) is 18.1 Å². The van der Waals surface area contributed by atoms with E-state index in [1.54, 1.807) is 0 Å². The van der Waals surface area contributed by atoms with Crippen LogP contribution in [0.1, 0.15) is 0 Å². The summed E-state index contributed by atoms with van der Waals surface area (Å²) < 4.78 is 9.50. The van der Waals surface area contributed by atoms with Gasteiger partial charge < -0.3 is 8.98 Å². The van der Waals surface area contributed by atoms with Gasteiger partial charge in [0.15, 0.2) is 0 Å². The summed E-state index contributed by atoms with van der Waals surface area (Å²) in [5, 5.41) is 13.1. The highest BCUT2D eigenvalue weighted by atomic mass is 16.3. The van der Waals surface area contributed by atoms with Crippen molar-refractivity contribution in [3.63, 3.8) is 0 Å². The molecule has 0 aliphatic carbocycles. The Bertz CT molecular complexity index is 4390. The summed E-state index contributed by atoms with van der Waals surface area (Å²) in [5.74, 6) is 0. The van der Waals surface area contributed by atoms with Crippen LogP contribution in [-0.4, -0.2) is 43.8 Å². The van der Waals surface area contributed by atoms with Crippen LogP contribution in [0.25, 0.3) is 137 Å². The maximum Gasteiger partial charge on any atom is 0.143 e. The molecule has 12 aromatic carbocycles. The van der Waals surface area contributed by atoms with E-state index in [0.29, 0.717) is 16.5 Å². The standard InChI is InChI=1S/C64H34B5NO/c65-59-58(60(66)62(68)63(69)61(59)67)57-45-23-7-5-21-43(45)54(44-22-6-8-24-46(44)57)47-25-14-30-52-56(47)49-27-13-26-48(64(49)71-52)55-41-19-3-1-17-39(41)53(40-18-2-4-20-42(40)55)35-31-33-36(34-32-35)70-50-28-11-9-15-37(50)38-16-10-12-29-51(38)70/h1-34H. The van der Waals surface area contributed by atoms with Crippen LogP contribution in [-0.2, 0) is 0 Å². The van der Waals surface area contributed by atoms with Crippen LogP contribution in [0, 0.1) is 0 Å². The number of benzene rings is 12. The minimum absolute atomic E-state index is 0.186. The smallest absolute Gasteiger partial charge is 0.143 e. The minimum atomic E-state index is 0.186. The van der Waals surface area contributed by atoms with Crippen LogP contribution in [0.4, 0.5) is 0 Å². The fraction of sp³-hybridized carbons (Fsp3) is 0. The molecule has 0 unspecified atom stereocenters. The monoisotopic (exact) mass is 887 g/mol. The Labute approximate surface area is 416 Å². The van der Waals surface area contributed by atoms with E-state index in [9.17, 15) is 0 Å². The van der Waals surface area contributed by atoms with Crippen molar-refractivity contribution in [1.29, 1.82) is 0 Å². The number of nitrogens with zero attached hydrogens (tertiary/aromatic N) is 1. The van der Waals surface area contributed by atoms with E-state index in [4.69, 9.17) is 43.6 Å². The van der Waals surface area contributed by atoms with Gasteiger partial charge in [-0.15, -0.1) is 16.4 Å². The average molecular weight is 887 g/mol. The predicted octanol–water partition coefficient (Wildman–Crippen LogP) is 11.9. The van der Waals surface area contributed by atoms with Crippen LogP contribution < -0.4 is 27.3 Å². The minimum Gasteiger partial charge on any atom is -0.455 e. The maximum atomic E-state index is 7.13. The molecule has 0 saturated heterocycles. The molecule has 2 aromatic heterocycles. The molecular weight excluding hydrogens is 853 g/mol. The molecule has 0 N–H and O–H groups in total. The lowest BCUT2D eigenvalue weighted by molar-refractivity contribution is 0.670. The number of hydrogen-bond donors (Lipinski definition) is 0. The van der Waals surface area contributed by atoms with Crippen molar-refractivity contribution >= 4 is 153 Å². The van der Waals surface area contributed by atoms with Crippen molar-refractivity contribution in [2.75, 3.05) is 0 Å². The molecule has 316 valence electrons. The first kappa shape index (κ1) is 41.6. The van der Waals surface area contributed by atoms with Crippen LogP contribution in [0.5, 0.6) is 0 Å². The van der Waals surface area contributed by atoms with Crippen LogP contribution in [0.2, 0.25) is 0 Å². The Balaban J connectivity index is 0.986. The van der Waals surface area contributed by atoms with E-state index in [1.165, 1.54) is 38.1 Å². The number of rotatable bonds is 5. The number of para-hydroxylation sites is 3. The van der Waals surface area contributed by atoms with Gasteiger partial charge >= 0.3 is 0 Å². The predicted molar refractivity (Wildman–Crippen MR) is 307 cm³/mol. The zero-order chi connectivity index (χ0) is 47.6. The number of hydrogen-bond acceptors (Lipinski definition) is 1. The summed E-state index contributed by atoms with van der Waals surface area (Å²) in [4.78, 5) is 0. The Morgan fingerprint density at radius 2 is 0.662 bits per heavy atom. The van der Waals surface area contributed by atoms with Crippen molar-refractivity contribution in [2.24, 2.45) is 0 Å². The van der Waals surface area contributed by atoms with E-state index < -0.39 is 0 Å². The maximum absolute atomic E-state index is 7.13. The van der Waals surface area contributed by atoms with Gasteiger partial charge in [-0.25, -0.2) is 0 Å². The summed E-state index contributed by atoms with van der Waals surface area (Å²) in [6, 6.07) is 73.6. The molecule has 0 spiro atoms. The molecular formula is C64H34B5NO. The van der Waals surface area contributed by atoms with Gasteiger partial charge in [0.2, 0.25) is 0 Å². The van der Waals surface area contributed by atoms with Crippen molar-refractivity contribution in [3.05, 3.63) is 206 Å². The van der Waals surface area contributed by atoms with Gasteiger partial charge in [0.25, 0.3) is 0 Å². The van der Waals surface area contributed by atoms with Crippen LogP contribution in [0.3, 0.4) is 0 Å². The third-order valence-electron chi connectivity index (χ3n) is 14.9. The molecule has 0 aliphatic heterocycles. The fourth-order valence-corrected chi connectivity index (χ4v) is 11.8. The van der Waals surface area contributed by atoms with Crippen molar-refractivity contribution < 1.29 is 4.42 Å². The molecule has 0 bridgehead atoms. The quantitative estimate of drug-likeness (QED) is 0.124. The average Bonchev–Trinajstić information content (AvgIpc) is 3.98. The van der Waals surface area contributed by atoms with Gasteiger partial charge in [0.05, 0.1) is 11.0 Å². The first-order valence-corrected chi connectivity index (χ1v) is 23.8. The molecule has 2 heterocycles. The van der Waals surface area contributed by atoms with Gasteiger partial charge in [-0.05, 0) is 107 Å². The second kappa shape index (κ2) is 15.8.